The van der Waals surface area contributed by atoms with Crippen molar-refractivity contribution in [1.82, 2.24) is 10.3 Å². The summed E-state index contributed by atoms with van der Waals surface area (Å²) < 4.78 is 5.02. The molecule has 0 aliphatic carbocycles. The number of rotatable bonds is 4. The van der Waals surface area contributed by atoms with Crippen LogP contribution in [0.4, 0.5) is 0 Å². The maximum atomic E-state index is 5.02. The van der Waals surface area contributed by atoms with E-state index in [0.29, 0.717) is 0 Å². The zero-order valence-electron chi connectivity index (χ0n) is 9.44. The van der Waals surface area contributed by atoms with Gasteiger partial charge in [-0.05, 0) is 35.2 Å². The van der Waals surface area contributed by atoms with Crippen LogP contribution in [0.2, 0.25) is 0 Å². The lowest BCUT2D eigenvalue weighted by molar-refractivity contribution is 0.560. The average molecular weight is 226 g/mol. The molecule has 86 valence electrons. The third kappa shape index (κ3) is 2.24. The molecule has 0 aliphatic rings. The van der Waals surface area contributed by atoms with Gasteiger partial charge in [-0.15, -0.1) is 0 Å². The number of H-pyrrole nitrogens is 1. The average Bonchev–Trinajstić information content (AvgIpc) is 2.98. The van der Waals surface area contributed by atoms with Crippen molar-refractivity contribution in [1.29, 1.82) is 0 Å². The molecule has 17 heavy (non-hydrogen) atoms. The van der Waals surface area contributed by atoms with Gasteiger partial charge in [-0.1, -0.05) is 6.07 Å². The van der Waals surface area contributed by atoms with Crippen LogP contribution in [0, 0.1) is 0 Å². The predicted octanol–water partition coefficient (Wildman–Crippen LogP) is 3.05. The number of aromatic nitrogens is 1. The molecule has 0 saturated heterocycles. The molecule has 2 N–H and O–H groups in total. The Labute approximate surface area is 99.5 Å². The summed E-state index contributed by atoms with van der Waals surface area (Å²) in [5.41, 5.74) is 3.65. The minimum Gasteiger partial charge on any atom is -0.472 e. The van der Waals surface area contributed by atoms with Gasteiger partial charge in [0.1, 0.15) is 0 Å². The van der Waals surface area contributed by atoms with E-state index in [4.69, 9.17) is 4.42 Å². The van der Waals surface area contributed by atoms with Crippen LogP contribution in [0.3, 0.4) is 0 Å². The van der Waals surface area contributed by atoms with Gasteiger partial charge in [-0.25, -0.2) is 0 Å². The van der Waals surface area contributed by atoms with Gasteiger partial charge in [-0.2, -0.15) is 0 Å². The molecule has 0 amide bonds. The van der Waals surface area contributed by atoms with E-state index in [1.165, 1.54) is 22.0 Å². The SMILES string of the molecule is c1cc2cc(CNCc3ccoc3)ccc2[nH]1. The van der Waals surface area contributed by atoms with Crippen LogP contribution in [0.25, 0.3) is 10.9 Å². The van der Waals surface area contributed by atoms with Crippen molar-refractivity contribution >= 4 is 10.9 Å². The fourth-order valence-corrected chi connectivity index (χ4v) is 1.96. The highest BCUT2D eigenvalue weighted by atomic mass is 16.3. The van der Waals surface area contributed by atoms with E-state index in [0.717, 1.165) is 13.1 Å². The van der Waals surface area contributed by atoms with Gasteiger partial charge in [0, 0.05) is 30.4 Å². The highest BCUT2D eigenvalue weighted by Crippen LogP contribution is 2.14. The number of hydrogen-bond acceptors (Lipinski definition) is 2. The molecule has 0 fully saturated rings. The number of fused-ring (bicyclic) bond motifs is 1. The van der Waals surface area contributed by atoms with Gasteiger partial charge < -0.3 is 14.7 Å². The van der Waals surface area contributed by atoms with E-state index >= 15 is 0 Å². The van der Waals surface area contributed by atoms with Crippen LogP contribution in [0.5, 0.6) is 0 Å². The largest absolute Gasteiger partial charge is 0.472 e. The highest BCUT2D eigenvalue weighted by Gasteiger charge is 1.98. The second-order valence-corrected chi connectivity index (χ2v) is 4.13. The highest BCUT2D eigenvalue weighted by molar-refractivity contribution is 5.79. The lowest BCUT2D eigenvalue weighted by Gasteiger charge is -2.03. The van der Waals surface area contributed by atoms with Gasteiger partial charge in [0.05, 0.1) is 12.5 Å². The second kappa shape index (κ2) is 4.47. The molecule has 0 radical (unpaired) electrons. The minimum atomic E-state index is 0.835. The Morgan fingerprint density at radius 3 is 2.88 bits per heavy atom. The topological polar surface area (TPSA) is 41.0 Å². The molecular weight excluding hydrogens is 212 g/mol. The summed E-state index contributed by atoms with van der Waals surface area (Å²) in [5, 5.41) is 4.65. The molecule has 3 nitrogen and oxygen atoms in total. The number of hydrogen-bond donors (Lipinski definition) is 2. The Hall–Kier alpha value is -2.00. The Morgan fingerprint density at radius 1 is 1.06 bits per heavy atom. The Morgan fingerprint density at radius 2 is 2.00 bits per heavy atom. The van der Waals surface area contributed by atoms with Crippen LogP contribution in [-0.4, -0.2) is 4.98 Å². The van der Waals surface area contributed by atoms with Crippen molar-refractivity contribution in [2.24, 2.45) is 0 Å². The van der Waals surface area contributed by atoms with Crippen molar-refractivity contribution in [2.45, 2.75) is 13.1 Å². The molecule has 0 saturated carbocycles. The van der Waals surface area contributed by atoms with Gasteiger partial charge in [-0.3, -0.25) is 0 Å². The summed E-state index contributed by atoms with van der Waals surface area (Å²) in [4.78, 5) is 3.19. The molecule has 0 aliphatic heterocycles. The van der Waals surface area contributed by atoms with Crippen LogP contribution < -0.4 is 5.32 Å². The first-order valence-corrected chi connectivity index (χ1v) is 5.70. The van der Waals surface area contributed by atoms with Crippen LogP contribution in [0.1, 0.15) is 11.1 Å². The van der Waals surface area contributed by atoms with E-state index in [2.05, 4.69) is 34.6 Å². The van der Waals surface area contributed by atoms with Crippen molar-refractivity contribution in [3.05, 3.63) is 60.2 Å². The third-order valence-electron chi connectivity index (χ3n) is 2.86. The summed E-state index contributed by atoms with van der Waals surface area (Å²) >= 11 is 0. The molecule has 0 spiro atoms. The van der Waals surface area contributed by atoms with Gasteiger partial charge in [0.15, 0.2) is 0 Å². The number of furan rings is 1. The maximum Gasteiger partial charge on any atom is 0.0947 e. The van der Waals surface area contributed by atoms with Crippen LogP contribution in [0.15, 0.2) is 53.5 Å². The molecule has 3 rings (SSSR count). The fraction of sp³-hybridized carbons (Fsp3) is 0.143. The molecule has 2 heterocycles. The summed E-state index contributed by atoms with van der Waals surface area (Å²) in [6.45, 7) is 1.70. The van der Waals surface area contributed by atoms with E-state index in [9.17, 15) is 0 Å². The normalized spacial score (nSPS) is 11.1. The zero-order valence-corrected chi connectivity index (χ0v) is 9.44. The lowest BCUT2D eigenvalue weighted by atomic mass is 10.1. The molecule has 2 aromatic heterocycles. The number of nitrogens with one attached hydrogen (secondary N) is 2. The molecule has 0 unspecified atom stereocenters. The molecule has 0 atom stereocenters. The lowest BCUT2D eigenvalue weighted by Crippen LogP contribution is -2.11. The first kappa shape index (κ1) is 10.2. The molecule has 0 bridgehead atoms. The van der Waals surface area contributed by atoms with Crippen LogP contribution in [-0.2, 0) is 13.1 Å². The summed E-state index contributed by atoms with van der Waals surface area (Å²) in [6.07, 6.45) is 5.43. The van der Waals surface area contributed by atoms with Crippen molar-refractivity contribution in [3.8, 4) is 0 Å². The standard InChI is InChI=1S/C14H14N2O/c1-2-14-13(3-5-16-14)7-11(1)8-15-9-12-4-6-17-10-12/h1-7,10,15-16H,8-9H2. The van der Waals surface area contributed by atoms with Gasteiger partial charge >= 0.3 is 0 Å². The minimum absolute atomic E-state index is 0.835. The van der Waals surface area contributed by atoms with Crippen molar-refractivity contribution in [2.75, 3.05) is 0 Å². The van der Waals surface area contributed by atoms with E-state index in [1.807, 2.05) is 12.3 Å². The Kier molecular flexibility index (Phi) is 2.68. The van der Waals surface area contributed by atoms with Crippen molar-refractivity contribution in [3.63, 3.8) is 0 Å². The predicted molar refractivity (Wildman–Crippen MR) is 67.6 cm³/mol. The first-order chi connectivity index (χ1) is 8.42. The van der Waals surface area contributed by atoms with E-state index in [-0.39, 0.29) is 0 Å². The monoisotopic (exact) mass is 226 g/mol. The van der Waals surface area contributed by atoms with Gasteiger partial charge in [0.2, 0.25) is 0 Å². The van der Waals surface area contributed by atoms with Crippen molar-refractivity contribution < 1.29 is 4.42 Å². The number of aromatic amines is 1. The Bertz CT molecular complexity index is 596. The number of benzene rings is 1. The fourth-order valence-electron chi connectivity index (χ4n) is 1.96. The molecular formula is C14H14N2O. The smallest absolute Gasteiger partial charge is 0.0947 e. The van der Waals surface area contributed by atoms with Crippen LogP contribution >= 0.6 is 0 Å². The zero-order chi connectivity index (χ0) is 11.5. The quantitative estimate of drug-likeness (QED) is 0.717. The summed E-state index contributed by atoms with van der Waals surface area (Å²) in [7, 11) is 0. The van der Waals surface area contributed by atoms with E-state index < -0.39 is 0 Å². The molecule has 1 aromatic carbocycles. The second-order valence-electron chi connectivity index (χ2n) is 4.13. The summed E-state index contributed by atoms with van der Waals surface area (Å²) in [5.74, 6) is 0. The van der Waals surface area contributed by atoms with E-state index in [1.54, 1.807) is 12.5 Å². The Balaban J connectivity index is 1.64. The first-order valence-electron chi connectivity index (χ1n) is 5.70. The van der Waals surface area contributed by atoms with Gasteiger partial charge in [0.25, 0.3) is 0 Å². The summed E-state index contributed by atoms with van der Waals surface area (Å²) in [6, 6.07) is 10.5. The third-order valence-corrected chi connectivity index (χ3v) is 2.86. The molecule has 3 heteroatoms. The molecule has 3 aromatic rings. The maximum absolute atomic E-state index is 5.02.